The van der Waals surface area contributed by atoms with Gasteiger partial charge in [-0.05, 0) is 48.6 Å². The van der Waals surface area contributed by atoms with E-state index >= 15 is 0 Å². The van der Waals surface area contributed by atoms with Gasteiger partial charge in [0.1, 0.15) is 18.1 Å². The number of halogens is 1. The van der Waals surface area contributed by atoms with E-state index in [1.165, 1.54) is 6.08 Å². The summed E-state index contributed by atoms with van der Waals surface area (Å²) in [5.74, 6) is 1.31. The van der Waals surface area contributed by atoms with Crippen LogP contribution in [0.25, 0.3) is 6.08 Å². The zero-order chi connectivity index (χ0) is 13.7. The monoisotopic (exact) mass is 320 g/mol. The van der Waals surface area contributed by atoms with Crippen LogP contribution < -0.4 is 0 Å². The molecule has 0 aliphatic heterocycles. The van der Waals surface area contributed by atoms with Gasteiger partial charge in [0.15, 0.2) is 5.78 Å². The van der Waals surface area contributed by atoms with Gasteiger partial charge in [-0.1, -0.05) is 15.9 Å². The summed E-state index contributed by atoms with van der Waals surface area (Å²) in [7, 11) is 1.61. The van der Waals surface area contributed by atoms with E-state index < -0.39 is 0 Å². The Bertz CT molecular complexity index is 582. The maximum absolute atomic E-state index is 11.9. The van der Waals surface area contributed by atoms with Crippen LogP contribution in [-0.4, -0.2) is 12.9 Å². The lowest BCUT2D eigenvalue weighted by atomic mass is 10.1. The highest BCUT2D eigenvalue weighted by atomic mass is 79.9. The van der Waals surface area contributed by atoms with Gasteiger partial charge in [0.05, 0.1) is 0 Å². The molecule has 0 bridgehead atoms. The molecular weight excluding hydrogens is 308 g/mol. The van der Waals surface area contributed by atoms with Gasteiger partial charge in [-0.25, -0.2) is 0 Å². The second kappa shape index (κ2) is 6.50. The summed E-state index contributed by atoms with van der Waals surface area (Å²) in [6, 6.07) is 10.9. The van der Waals surface area contributed by atoms with Crippen LogP contribution in [0, 0.1) is 0 Å². The predicted octanol–water partition coefficient (Wildman–Crippen LogP) is 4.08. The van der Waals surface area contributed by atoms with Crippen LogP contribution in [0.15, 0.2) is 51.4 Å². The van der Waals surface area contributed by atoms with E-state index in [1.807, 2.05) is 18.2 Å². The fourth-order valence-electron chi connectivity index (χ4n) is 1.57. The van der Waals surface area contributed by atoms with Crippen LogP contribution in [0.2, 0.25) is 0 Å². The lowest BCUT2D eigenvalue weighted by molar-refractivity contribution is 0.104. The second-order valence-electron chi connectivity index (χ2n) is 3.94. The fourth-order valence-corrected chi connectivity index (χ4v) is 1.84. The Morgan fingerprint density at radius 1 is 1.26 bits per heavy atom. The van der Waals surface area contributed by atoms with E-state index in [-0.39, 0.29) is 5.78 Å². The van der Waals surface area contributed by atoms with Gasteiger partial charge in [-0.2, -0.15) is 0 Å². The molecule has 0 saturated heterocycles. The zero-order valence-corrected chi connectivity index (χ0v) is 12.0. The second-order valence-corrected chi connectivity index (χ2v) is 4.86. The third-order valence-corrected chi connectivity index (χ3v) is 3.03. The molecule has 4 heteroatoms. The Balaban J connectivity index is 2.04. The average Bonchev–Trinajstić information content (AvgIpc) is 2.85. The first-order valence-corrected chi connectivity index (χ1v) is 6.54. The molecule has 0 N–H and O–H groups in total. The topological polar surface area (TPSA) is 39.4 Å². The maximum Gasteiger partial charge on any atom is 0.185 e. The van der Waals surface area contributed by atoms with Crippen molar-refractivity contribution in [2.75, 3.05) is 7.11 Å². The molecule has 0 unspecified atom stereocenters. The molecule has 0 aliphatic carbocycles. The first-order valence-electron chi connectivity index (χ1n) is 5.74. The molecule has 0 radical (unpaired) electrons. The molecule has 0 fully saturated rings. The number of methoxy groups -OCH3 is 1. The number of ether oxygens (including phenoxy) is 1. The largest absolute Gasteiger partial charge is 0.459 e. The molecule has 0 amide bonds. The summed E-state index contributed by atoms with van der Waals surface area (Å²) in [5.41, 5.74) is 0.642. The van der Waals surface area contributed by atoms with Crippen molar-refractivity contribution in [1.29, 1.82) is 0 Å². The number of hydrogen-bond acceptors (Lipinski definition) is 3. The number of carbonyl (C=O) groups excluding carboxylic acids is 1. The summed E-state index contributed by atoms with van der Waals surface area (Å²) in [6.07, 6.45) is 3.15. The molecule has 98 valence electrons. The summed E-state index contributed by atoms with van der Waals surface area (Å²) in [6.45, 7) is 0.425. The lowest BCUT2D eigenvalue weighted by Gasteiger charge is -1.95. The van der Waals surface area contributed by atoms with Gasteiger partial charge in [-0.3, -0.25) is 4.79 Å². The number of furan rings is 1. The van der Waals surface area contributed by atoms with Gasteiger partial charge in [0.2, 0.25) is 0 Å². The Hall–Kier alpha value is -1.65. The van der Waals surface area contributed by atoms with Crippen LogP contribution in [0.4, 0.5) is 0 Å². The first kappa shape index (κ1) is 13.8. The number of carbonyl (C=O) groups is 1. The predicted molar refractivity (Wildman–Crippen MR) is 76.9 cm³/mol. The van der Waals surface area contributed by atoms with Gasteiger partial charge in [-0.15, -0.1) is 0 Å². The molecule has 0 atom stereocenters. The van der Waals surface area contributed by atoms with Crippen LogP contribution in [0.3, 0.4) is 0 Å². The number of allylic oxidation sites excluding steroid dienone is 1. The fraction of sp³-hybridized carbons (Fsp3) is 0.133. The first-order chi connectivity index (χ1) is 9.19. The Labute approximate surface area is 120 Å². The molecule has 1 heterocycles. The van der Waals surface area contributed by atoms with E-state index in [2.05, 4.69) is 15.9 Å². The normalized spacial score (nSPS) is 11.1. The van der Waals surface area contributed by atoms with Crippen molar-refractivity contribution in [2.24, 2.45) is 0 Å². The highest BCUT2D eigenvalue weighted by Crippen LogP contribution is 2.13. The SMILES string of the molecule is COCc1ccc(C=CC(=O)c2ccc(Br)cc2)o1. The minimum atomic E-state index is -0.0582. The highest BCUT2D eigenvalue weighted by Gasteiger charge is 2.02. The van der Waals surface area contributed by atoms with Crippen molar-refractivity contribution >= 4 is 27.8 Å². The third kappa shape index (κ3) is 3.91. The Kier molecular flexibility index (Phi) is 4.71. The van der Waals surface area contributed by atoms with E-state index in [0.29, 0.717) is 17.9 Å². The molecule has 1 aromatic carbocycles. The Morgan fingerprint density at radius 3 is 2.68 bits per heavy atom. The number of ketones is 1. The molecule has 2 aromatic rings. The molecule has 3 nitrogen and oxygen atoms in total. The summed E-state index contributed by atoms with van der Waals surface area (Å²) >= 11 is 3.33. The quantitative estimate of drug-likeness (QED) is 0.615. The zero-order valence-electron chi connectivity index (χ0n) is 10.4. The van der Waals surface area contributed by atoms with Crippen molar-refractivity contribution < 1.29 is 13.9 Å². The summed E-state index contributed by atoms with van der Waals surface area (Å²) in [4.78, 5) is 11.9. The van der Waals surface area contributed by atoms with E-state index in [0.717, 1.165) is 10.2 Å². The number of benzene rings is 1. The van der Waals surface area contributed by atoms with Crippen molar-refractivity contribution in [3.8, 4) is 0 Å². The molecule has 19 heavy (non-hydrogen) atoms. The number of hydrogen-bond donors (Lipinski definition) is 0. The van der Waals surface area contributed by atoms with Gasteiger partial charge < -0.3 is 9.15 Å². The van der Waals surface area contributed by atoms with Gasteiger partial charge >= 0.3 is 0 Å². The van der Waals surface area contributed by atoms with Gasteiger partial charge in [0.25, 0.3) is 0 Å². The molecule has 2 rings (SSSR count). The van der Waals surface area contributed by atoms with Gasteiger partial charge in [0, 0.05) is 17.1 Å². The van der Waals surface area contributed by atoms with Crippen molar-refractivity contribution in [3.63, 3.8) is 0 Å². The molecule has 1 aromatic heterocycles. The van der Waals surface area contributed by atoms with Crippen LogP contribution in [0.5, 0.6) is 0 Å². The van der Waals surface area contributed by atoms with Crippen LogP contribution in [0.1, 0.15) is 21.9 Å². The number of rotatable bonds is 5. The van der Waals surface area contributed by atoms with E-state index in [4.69, 9.17) is 9.15 Å². The Morgan fingerprint density at radius 2 is 2.00 bits per heavy atom. The van der Waals surface area contributed by atoms with E-state index in [9.17, 15) is 4.79 Å². The van der Waals surface area contributed by atoms with E-state index in [1.54, 1.807) is 31.4 Å². The maximum atomic E-state index is 11.9. The molecule has 0 aliphatic rings. The van der Waals surface area contributed by atoms with Crippen LogP contribution in [-0.2, 0) is 11.3 Å². The summed E-state index contributed by atoms with van der Waals surface area (Å²) < 4.78 is 11.4. The molecule has 0 saturated carbocycles. The molecule has 0 spiro atoms. The minimum Gasteiger partial charge on any atom is -0.459 e. The highest BCUT2D eigenvalue weighted by molar-refractivity contribution is 9.10. The van der Waals surface area contributed by atoms with Crippen molar-refractivity contribution in [1.82, 2.24) is 0 Å². The third-order valence-electron chi connectivity index (χ3n) is 2.50. The molecular formula is C15H13BrO3. The van der Waals surface area contributed by atoms with Crippen LogP contribution >= 0.6 is 15.9 Å². The minimum absolute atomic E-state index is 0.0582. The average molecular weight is 321 g/mol. The van der Waals surface area contributed by atoms with Crippen molar-refractivity contribution in [2.45, 2.75) is 6.61 Å². The summed E-state index contributed by atoms with van der Waals surface area (Å²) in [5, 5.41) is 0. The van der Waals surface area contributed by atoms with Crippen molar-refractivity contribution in [3.05, 3.63) is 64.0 Å². The smallest absolute Gasteiger partial charge is 0.185 e. The standard InChI is InChI=1S/C15H13BrO3/c1-18-10-14-7-6-13(19-14)8-9-15(17)11-2-4-12(16)5-3-11/h2-9H,10H2,1H3. The lowest BCUT2D eigenvalue weighted by Crippen LogP contribution is -1.92.